The van der Waals surface area contributed by atoms with Crippen LogP contribution in [0.5, 0.6) is 5.75 Å². The Balaban J connectivity index is 3.29. The average molecular weight is 297 g/mol. The first kappa shape index (κ1) is 15.6. The number of methoxy groups -OCH3 is 1. The minimum atomic E-state index is -4.59. The highest BCUT2D eigenvalue weighted by molar-refractivity contribution is 6.32. The van der Waals surface area contributed by atoms with Gasteiger partial charge in [-0.15, -0.1) is 0 Å². The lowest BCUT2D eigenvalue weighted by Gasteiger charge is -2.16. The third-order valence-corrected chi connectivity index (χ3v) is 2.93. The summed E-state index contributed by atoms with van der Waals surface area (Å²) in [7, 11) is 1.21. The number of carboxylic acid groups (broad SMARTS) is 1. The molecule has 0 saturated carbocycles. The Kier molecular flexibility index (Phi) is 4.68. The Morgan fingerprint density at radius 2 is 2.05 bits per heavy atom. The molecule has 19 heavy (non-hydrogen) atoms. The molecule has 0 fully saturated rings. The molecule has 0 amide bonds. The van der Waals surface area contributed by atoms with Gasteiger partial charge in [-0.3, -0.25) is 4.79 Å². The molecule has 1 unspecified atom stereocenters. The van der Waals surface area contributed by atoms with Crippen molar-refractivity contribution in [3.8, 4) is 5.75 Å². The minimum absolute atomic E-state index is 0.0167. The van der Waals surface area contributed by atoms with Crippen LogP contribution in [-0.2, 0) is 17.4 Å². The van der Waals surface area contributed by atoms with Gasteiger partial charge < -0.3 is 9.84 Å². The third-order valence-electron chi connectivity index (χ3n) is 2.63. The van der Waals surface area contributed by atoms with Crippen molar-refractivity contribution in [3.63, 3.8) is 0 Å². The maximum Gasteiger partial charge on any atom is 0.416 e. The number of alkyl halides is 3. The van der Waals surface area contributed by atoms with Crippen molar-refractivity contribution in [3.05, 3.63) is 28.3 Å². The summed E-state index contributed by atoms with van der Waals surface area (Å²) in [5.74, 6) is -2.20. The molecule has 0 bridgehead atoms. The Morgan fingerprint density at radius 3 is 2.47 bits per heavy atom. The van der Waals surface area contributed by atoms with Crippen molar-refractivity contribution < 1.29 is 27.8 Å². The molecule has 0 spiro atoms. The lowest BCUT2D eigenvalue weighted by atomic mass is 9.96. The van der Waals surface area contributed by atoms with E-state index in [-0.39, 0.29) is 22.8 Å². The van der Waals surface area contributed by atoms with Crippen LogP contribution in [0, 0.1) is 5.92 Å². The van der Waals surface area contributed by atoms with Crippen molar-refractivity contribution in [2.24, 2.45) is 5.92 Å². The van der Waals surface area contributed by atoms with Crippen molar-refractivity contribution in [1.82, 2.24) is 0 Å². The summed E-state index contributed by atoms with van der Waals surface area (Å²) < 4.78 is 43.4. The zero-order valence-corrected chi connectivity index (χ0v) is 11.0. The van der Waals surface area contributed by atoms with Crippen molar-refractivity contribution in [2.75, 3.05) is 7.11 Å². The normalized spacial score (nSPS) is 13.2. The largest absolute Gasteiger partial charge is 0.495 e. The van der Waals surface area contributed by atoms with Crippen LogP contribution in [0.4, 0.5) is 13.2 Å². The molecule has 7 heteroatoms. The van der Waals surface area contributed by atoms with E-state index >= 15 is 0 Å². The van der Waals surface area contributed by atoms with Crippen LogP contribution in [-0.4, -0.2) is 18.2 Å². The van der Waals surface area contributed by atoms with E-state index in [0.717, 1.165) is 12.1 Å². The Labute approximate surface area is 112 Å². The van der Waals surface area contributed by atoms with E-state index in [1.807, 2.05) is 0 Å². The van der Waals surface area contributed by atoms with Gasteiger partial charge in [0, 0.05) is 0 Å². The van der Waals surface area contributed by atoms with Crippen molar-refractivity contribution in [2.45, 2.75) is 19.5 Å². The summed E-state index contributed by atoms with van der Waals surface area (Å²) in [6, 6.07) is 1.88. The van der Waals surface area contributed by atoms with Crippen LogP contribution in [0.2, 0.25) is 5.02 Å². The summed E-state index contributed by atoms with van der Waals surface area (Å²) in [5.41, 5.74) is -1.09. The first-order chi connectivity index (χ1) is 8.66. The third kappa shape index (κ3) is 3.76. The van der Waals surface area contributed by atoms with Gasteiger partial charge in [0.15, 0.2) is 0 Å². The number of rotatable bonds is 4. The maximum atomic E-state index is 12.9. The van der Waals surface area contributed by atoms with Gasteiger partial charge in [0.05, 0.1) is 23.6 Å². The Bertz CT molecular complexity index is 486. The van der Waals surface area contributed by atoms with Crippen LogP contribution in [0.3, 0.4) is 0 Å². The number of carbonyl (C=O) groups is 1. The van der Waals surface area contributed by atoms with Crippen LogP contribution in [0.25, 0.3) is 0 Å². The summed E-state index contributed by atoms with van der Waals surface area (Å²) >= 11 is 5.77. The van der Waals surface area contributed by atoms with E-state index in [4.69, 9.17) is 21.4 Å². The summed E-state index contributed by atoms with van der Waals surface area (Å²) in [6.45, 7) is 1.33. The number of hydrogen-bond donors (Lipinski definition) is 1. The fourth-order valence-corrected chi connectivity index (χ4v) is 1.86. The summed E-state index contributed by atoms with van der Waals surface area (Å²) in [4.78, 5) is 10.7. The molecule has 0 aliphatic heterocycles. The zero-order valence-electron chi connectivity index (χ0n) is 10.2. The number of hydrogen-bond acceptors (Lipinski definition) is 2. The van der Waals surface area contributed by atoms with Gasteiger partial charge in [0.2, 0.25) is 0 Å². The fourth-order valence-electron chi connectivity index (χ4n) is 1.60. The second-order valence-electron chi connectivity index (χ2n) is 4.09. The van der Waals surface area contributed by atoms with Gasteiger partial charge in [-0.2, -0.15) is 13.2 Å². The molecule has 0 aliphatic rings. The fraction of sp³-hybridized carbons (Fsp3) is 0.417. The molecule has 3 nitrogen and oxygen atoms in total. The zero-order chi connectivity index (χ0) is 14.8. The lowest BCUT2D eigenvalue weighted by Crippen LogP contribution is -2.16. The number of ether oxygens (including phenoxy) is 1. The van der Waals surface area contributed by atoms with E-state index < -0.39 is 23.6 Å². The Hall–Kier alpha value is -1.43. The Morgan fingerprint density at radius 1 is 1.47 bits per heavy atom. The maximum absolute atomic E-state index is 12.9. The topological polar surface area (TPSA) is 46.5 Å². The number of aliphatic carboxylic acids is 1. The number of benzene rings is 1. The minimum Gasteiger partial charge on any atom is -0.495 e. The van der Waals surface area contributed by atoms with Crippen LogP contribution < -0.4 is 4.74 Å². The molecule has 1 atom stereocenters. The predicted octanol–water partition coefficient (Wildman–Crippen LogP) is 3.63. The molecule has 0 radical (unpaired) electrons. The second kappa shape index (κ2) is 5.69. The quantitative estimate of drug-likeness (QED) is 0.923. The molecule has 0 heterocycles. The van der Waals surface area contributed by atoms with Gasteiger partial charge >= 0.3 is 12.1 Å². The highest BCUT2D eigenvalue weighted by Crippen LogP contribution is 2.38. The van der Waals surface area contributed by atoms with E-state index in [2.05, 4.69) is 0 Å². The molecule has 1 aromatic rings. The predicted molar refractivity (Wildman–Crippen MR) is 63.5 cm³/mol. The summed E-state index contributed by atoms with van der Waals surface area (Å²) in [5, 5.41) is 8.78. The number of carboxylic acids is 1. The van der Waals surface area contributed by atoms with Gasteiger partial charge in [-0.25, -0.2) is 0 Å². The molecule has 1 N–H and O–H groups in total. The molecule has 0 aromatic heterocycles. The van der Waals surface area contributed by atoms with E-state index in [1.54, 1.807) is 0 Å². The van der Waals surface area contributed by atoms with Crippen molar-refractivity contribution in [1.29, 1.82) is 0 Å². The first-order valence-electron chi connectivity index (χ1n) is 5.33. The number of halogens is 4. The molecule has 0 saturated heterocycles. The van der Waals surface area contributed by atoms with Crippen LogP contribution >= 0.6 is 11.6 Å². The molecular weight excluding hydrogens is 285 g/mol. The van der Waals surface area contributed by atoms with Gasteiger partial charge in [0.25, 0.3) is 0 Å². The van der Waals surface area contributed by atoms with Crippen LogP contribution in [0.1, 0.15) is 18.1 Å². The molecule has 1 rings (SSSR count). The van der Waals surface area contributed by atoms with E-state index in [1.165, 1.54) is 14.0 Å². The van der Waals surface area contributed by atoms with Gasteiger partial charge in [0.1, 0.15) is 5.75 Å². The van der Waals surface area contributed by atoms with Gasteiger partial charge in [-0.05, 0) is 24.1 Å². The SMILES string of the molecule is COc1cc(C(F)(F)F)c(CC(C)C(=O)O)cc1Cl. The second-order valence-corrected chi connectivity index (χ2v) is 4.49. The molecule has 1 aromatic carbocycles. The lowest BCUT2D eigenvalue weighted by molar-refractivity contribution is -0.142. The summed E-state index contributed by atoms with van der Waals surface area (Å²) in [6.07, 6.45) is -4.85. The van der Waals surface area contributed by atoms with E-state index in [0.29, 0.717) is 0 Å². The van der Waals surface area contributed by atoms with Crippen LogP contribution in [0.15, 0.2) is 12.1 Å². The van der Waals surface area contributed by atoms with Crippen molar-refractivity contribution >= 4 is 17.6 Å². The monoisotopic (exact) mass is 296 g/mol. The molecule has 0 aliphatic carbocycles. The molecular formula is C12H12ClF3O3. The smallest absolute Gasteiger partial charge is 0.416 e. The van der Waals surface area contributed by atoms with Gasteiger partial charge in [-0.1, -0.05) is 18.5 Å². The highest BCUT2D eigenvalue weighted by Gasteiger charge is 2.35. The standard InChI is InChI=1S/C12H12ClF3O3/c1-6(11(17)18)3-7-4-9(13)10(19-2)5-8(7)12(14,15)16/h4-6H,3H2,1-2H3,(H,17,18). The highest BCUT2D eigenvalue weighted by atomic mass is 35.5. The average Bonchev–Trinajstić information content (AvgIpc) is 2.27. The molecule has 106 valence electrons. The first-order valence-corrected chi connectivity index (χ1v) is 5.71. The van der Waals surface area contributed by atoms with E-state index in [9.17, 15) is 18.0 Å².